The van der Waals surface area contributed by atoms with E-state index in [4.69, 9.17) is 10.8 Å². The zero-order chi connectivity index (χ0) is 12.6. The largest absolute Gasteiger partial charge is 0.478 e. The summed E-state index contributed by atoms with van der Waals surface area (Å²) in [6.45, 7) is 5.10. The third-order valence-electron chi connectivity index (χ3n) is 3.11. The van der Waals surface area contributed by atoms with Crippen LogP contribution in [0.5, 0.6) is 0 Å². The molecule has 1 aromatic carbocycles. The van der Waals surface area contributed by atoms with E-state index in [0.717, 1.165) is 28.6 Å². The second-order valence-electron chi connectivity index (χ2n) is 4.23. The molecule has 1 heterocycles. The van der Waals surface area contributed by atoms with Gasteiger partial charge in [-0.3, -0.25) is 0 Å². The lowest BCUT2D eigenvalue weighted by Gasteiger charge is -2.09. The molecule has 3 N–H and O–H groups in total. The van der Waals surface area contributed by atoms with Gasteiger partial charge in [0.1, 0.15) is 0 Å². The number of nitrogens with two attached hydrogens (primary N) is 1. The third-order valence-corrected chi connectivity index (χ3v) is 3.11. The number of rotatable bonds is 3. The van der Waals surface area contributed by atoms with Crippen molar-refractivity contribution in [1.82, 2.24) is 4.57 Å². The van der Waals surface area contributed by atoms with Crippen molar-refractivity contribution in [2.24, 2.45) is 5.73 Å². The number of fused-ring (bicyclic) bond motifs is 1. The summed E-state index contributed by atoms with van der Waals surface area (Å²) in [5.74, 6) is -0.876. The molecular formula is C13H16N2O2. The summed E-state index contributed by atoms with van der Waals surface area (Å²) in [6.07, 6.45) is 1.96. The van der Waals surface area contributed by atoms with E-state index in [0.29, 0.717) is 12.1 Å². The molecule has 0 aliphatic heterocycles. The van der Waals surface area contributed by atoms with E-state index in [1.54, 1.807) is 6.07 Å². The van der Waals surface area contributed by atoms with E-state index in [9.17, 15) is 4.79 Å². The van der Waals surface area contributed by atoms with Gasteiger partial charge in [-0.1, -0.05) is 0 Å². The highest BCUT2D eigenvalue weighted by Gasteiger charge is 2.14. The van der Waals surface area contributed by atoms with Gasteiger partial charge in [0, 0.05) is 24.7 Å². The van der Waals surface area contributed by atoms with E-state index in [-0.39, 0.29) is 0 Å². The summed E-state index contributed by atoms with van der Waals surface area (Å²) in [5, 5.41) is 10.1. The second-order valence-corrected chi connectivity index (χ2v) is 4.23. The number of carboxylic acids is 1. The number of aryl methyl sites for hydroxylation is 2. The molecule has 0 aliphatic carbocycles. The maximum absolute atomic E-state index is 11.1. The number of aromatic nitrogens is 1. The topological polar surface area (TPSA) is 68.2 Å². The van der Waals surface area contributed by atoms with Crippen LogP contribution in [-0.2, 0) is 6.54 Å². The van der Waals surface area contributed by atoms with E-state index < -0.39 is 5.97 Å². The number of carbonyl (C=O) groups is 1. The van der Waals surface area contributed by atoms with Crippen LogP contribution in [0.15, 0.2) is 18.3 Å². The Kier molecular flexibility index (Phi) is 2.90. The molecule has 0 aliphatic rings. The first-order valence-electron chi connectivity index (χ1n) is 5.58. The van der Waals surface area contributed by atoms with Gasteiger partial charge >= 0.3 is 5.97 Å². The smallest absolute Gasteiger partial charge is 0.335 e. The first-order valence-corrected chi connectivity index (χ1v) is 5.58. The summed E-state index contributed by atoms with van der Waals surface area (Å²) >= 11 is 0. The van der Waals surface area contributed by atoms with E-state index >= 15 is 0 Å². The monoisotopic (exact) mass is 232 g/mol. The molecule has 0 radical (unpaired) electrons. The van der Waals surface area contributed by atoms with Crippen LogP contribution in [0.4, 0.5) is 0 Å². The van der Waals surface area contributed by atoms with Crippen molar-refractivity contribution in [3.05, 3.63) is 35.0 Å². The van der Waals surface area contributed by atoms with Crippen molar-refractivity contribution < 1.29 is 9.90 Å². The zero-order valence-corrected chi connectivity index (χ0v) is 10.0. The van der Waals surface area contributed by atoms with Crippen molar-refractivity contribution in [1.29, 1.82) is 0 Å². The predicted octanol–water partition coefficient (Wildman–Crippen LogP) is 1.92. The zero-order valence-electron chi connectivity index (χ0n) is 10.0. The van der Waals surface area contributed by atoms with Crippen molar-refractivity contribution in [2.75, 3.05) is 6.54 Å². The summed E-state index contributed by atoms with van der Waals surface area (Å²) in [5.41, 5.74) is 8.81. The Labute approximate surface area is 99.7 Å². The van der Waals surface area contributed by atoms with E-state index in [1.165, 1.54) is 0 Å². The van der Waals surface area contributed by atoms with E-state index in [2.05, 4.69) is 4.57 Å². The van der Waals surface area contributed by atoms with Gasteiger partial charge in [-0.25, -0.2) is 4.79 Å². The number of hydrogen-bond acceptors (Lipinski definition) is 2. The maximum atomic E-state index is 11.1. The third kappa shape index (κ3) is 1.80. The molecule has 1 aromatic heterocycles. The molecule has 17 heavy (non-hydrogen) atoms. The quantitative estimate of drug-likeness (QED) is 0.849. The van der Waals surface area contributed by atoms with Gasteiger partial charge in [0.2, 0.25) is 0 Å². The van der Waals surface area contributed by atoms with Gasteiger partial charge in [0.05, 0.1) is 11.1 Å². The van der Waals surface area contributed by atoms with Crippen molar-refractivity contribution in [3.8, 4) is 0 Å². The summed E-state index contributed by atoms with van der Waals surface area (Å²) in [6, 6.07) is 3.69. The second kappa shape index (κ2) is 4.22. The Balaban J connectivity index is 2.75. The summed E-state index contributed by atoms with van der Waals surface area (Å²) < 4.78 is 2.07. The van der Waals surface area contributed by atoms with Gasteiger partial charge < -0.3 is 15.4 Å². The van der Waals surface area contributed by atoms with Gasteiger partial charge in [0.25, 0.3) is 0 Å². The van der Waals surface area contributed by atoms with Crippen LogP contribution in [0.1, 0.15) is 21.5 Å². The molecule has 2 rings (SSSR count). The number of benzene rings is 1. The molecule has 0 spiro atoms. The van der Waals surface area contributed by atoms with Crippen LogP contribution >= 0.6 is 0 Å². The SMILES string of the molecule is Cc1c(C(=O)O)cc(C)c2c1ccn2CCN. The number of aromatic carboxylic acids is 1. The molecular weight excluding hydrogens is 216 g/mol. The van der Waals surface area contributed by atoms with Gasteiger partial charge in [-0.2, -0.15) is 0 Å². The Morgan fingerprint density at radius 3 is 2.76 bits per heavy atom. The number of hydrogen-bond donors (Lipinski definition) is 2. The van der Waals surface area contributed by atoms with Crippen LogP contribution in [0.25, 0.3) is 10.9 Å². The lowest BCUT2D eigenvalue weighted by Crippen LogP contribution is -2.09. The van der Waals surface area contributed by atoms with Crippen LogP contribution in [0, 0.1) is 13.8 Å². The Hall–Kier alpha value is -1.81. The fourth-order valence-electron chi connectivity index (χ4n) is 2.30. The molecule has 0 unspecified atom stereocenters. The average molecular weight is 232 g/mol. The normalized spacial score (nSPS) is 11.0. The number of carboxylic acid groups (broad SMARTS) is 1. The van der Waals surface area contributed by atoms with Crippen molar-refractivity contribution in [3.63, 3.8) is 0 Å². The van der Waals surface area contributed by atoms with Crippen molar-refractivity contribution >= 4 is 16.9 Å². The van der Waals surface area contributed by atoms with Gasteiger partial charge in [0.15, 0.2) is 0 Å². The standard InChI is InChI=1S/C13H16N2O2/c1-8-7-11(13(16)17)9(2)10-3-5-15(6-4-14)12(8)10/h3,5,7H,4,6,14H2,1-2H3,(H,16,17). The van der Waals surface area contributed by atoms with E-state index in [1.807, 2.05) is 26.1 Å². The lowest BCUT2D eigenvalue weighted by atomic mass is 10.0. The molecule has 4 nitrogen and oxygen atoms in total. The molecule has 4 heteroatoms. The molecule has 0 fully saturated rings. The fourth-order valence-corrected chi connectivity index (χ4v) is 2.30. The first kappa shape index (κ1) is 11.7. The molecule has 0 bridgehead atoms. The van der Waals surface area contributed by atoms with Gasteiger partial charge in [-0.15, -0.1) is 0 Å². The molecule has 0 amide bonds. The summed E-state index contributed by atoms with van der Waals surface area (Å²) in [7, 11) is 0. The highest BCUT2D eigenvalue weighted by atomic mass is 16.4. The summed E-state index contributed by atoms with van der Waals surface area (Å²) in [4.78, 5) is 11.1. The predicted molar refractivity (Wildman–Crippen MR) is 67.4 cm³/mol. The minimum Gasteiger partial charge on any atom is -0.478 e. The lowest BCUT2D eigenvalue weighted by molar-refractivity contribution is 0.0696. The Bertz CT molecular complexity index is 585. The van der Waals surface area contributed by atoms with Crippen LogP contribution < -0.4 is 5.73 Å². The van der Waals surface area contributed by atoms with Crippen molar-refractivity contribution in [2.45, 2.75) is 20.4 Å². The number of nitrogens with zero attached hydrogens (tertiary/aromatic N) is 1. The highest BCUT2D eigenvalue weighted by molar-refractivity contribution is 5.98. The Morgan fingerprint density at radius 2 is 2.18 bits per heavy atom. The average Bonchev–Trinajstić information content (AvgIpc) is 2.68. The molecule has 0 saturated heterocycles. The minimum absolute atomic E-state index is 0.375. The van der Waals surface area contributed by atoms with Crippen LogP contribution in [0.3, 0.4) is 0 Å². The highest BCUT2D eigenvalue weighted by Crippen LogP contribution is 2.26. The Morgan fingerprint density at radius 1 is 1.47 bits per heavy atom. The molecule has 0 atom stereocenters. The minimum atomic E-state index is -0.876. The first-order chi connectivity index (χ1) is 8.06. The molecule has 90 valence electrons. The van der Waals surface area contributed by atoms with Gasteiger partial charge in [-0.05, 0) is 37.1 Å². The van der Waals surface area contributed by atoms with Crippen LogP contribution in [0.2, 0.25) is 0 Å². The molecule has 0 saturated carbocycles. The fraction of sp³-hybridized carbons (Fsp3) is 0.308. The maximum Gasteiger partial charge on any atom is 0.335 e. The van der Waals surface area contributed by atoms with Crippen LogP contribution in [-0.4, -0.2) is 22.2 Å². The molecule has 2 aromatic rings.